The van der Waals surface area contributed by atoms with Crippen LogP contribution in [-0.2, 0) is 0 Å². The Morgan fingerprint density at radius 1 is 1.08 bits per heavy atom. The monoisotopic (exact) mass is 191 g/mol. The average Bonchev–Trinajstić information content (AvgIpc) is 2.30. The van der Waals surface area contributed by atoms with Gasteiger partial charge in [0.25, 0.3) is 0 Å². The van der Waals surface area contributed by atoms with Crippen molar-refractivity contribution >= 4 is 0 Å². The highest BCUT2D eigenvalue weighted by atomic mass is 20.0. The molecular weight excluding hydrogens is 172 g/mol. The molecule has 0 aromatic rings. The summed E-state index contributed by atoms with van der Waals surface area (Å²) in [7, 11) is 2.30. The van der Waals surface area contributed by atoms with Crippen molar-refractivity contribution in [3.05, 3.63) is 0 Å². The van der Waals surface area contributed by atoms with Gasteiger partial charge < -0.3 is 4.90 Å². The van der Waals surface area contributed by atoms with Gasteiger partial charge in [-0.3, -0.25) is 0 Å². The Hall–Kier alpha value is -0.180. The molecule has 0 aromatic heterocycles. The maximum absolute atomic E-state index is 8.00. The van der Waals surface area contributed by atoms with Crippen molar-refractivity contribution in [2.24, 2.45) is 11.8 Å². The van der Waals surface area contributed by atoms with E-state index in [1.807, 2.05) is 0 Å². The fourth-order valence-electron chi connectivity index (χ4n) is 3.25. The molecule has 1 saturated carbocycles. The first-order chi connectivity index (χ1) is 6.12. The van der Waals surface area contributed by atoms with Gasteiger partial charge in [0.05, 0.1) is 0 Å². The first-order valence-electron chi connectivity index (χ1n) is 4.98. The van der Waals surface area contributed by atoms with E-state index >= 15 is 0 Å². The molecule has 1 aliphatic heterocycles. The van der Waals surface area contributed by atoms with E-state index in [4.69, 9.17) is 9.15 Å². The van der Waals surface area contributed by atoms with Crippen LogP contribution in [0.2, 0.25) is 0 Å². The Morgan fingerprint density at radius 3 is 1.85 bits per heavy atom. The minimum absolute atomic E-state index is 0.652. The number of likely N-dealkylation sites (tertiary alicyclic amines) is 1. The van der Waals surface area contributed by atoms with Crippen molar-refractivity contribution in [3.63, 3.8) is 0 Å². The van der Waals surface area contributed by atoms with Crippen molar-refractivity contribution in [1.29, 1.82) is 0 Å². The van der Waals surface area contributed by atoms with Crippen molar-refractivity contribution in [1.82, 2.24) is 4.90 Å². The predicted octanol–water partition coefficient (Wildman–Crippen LogP) is 2.97. The lowest BCUT2D eigenvalue weighted by Gasteiger charge is -2.48. The predicted molar refractivity (Wildman–Crippen MR) is 49.8 cm³/mol. The molecule has 2 aliphatic rings. The summed E-state index contributed by atoms with van der Waals surface area (Å²) in [5.41, 5.74) is 0.652. The van der Waals surface area contributed by atoms with E-state index in [1.54, 1.807) is 0 Å². The van der Waals surface area contributed by atoms with Gasteiger partial charge in [0.15, 0.2) is 0 Å². The fourth-order valence-corrected chi connectivity index (χ4v) is 3.25. The van der Waals surface area contributed by atoms with Gasteiger partial charge in [0, 0.05) is 21.2 Å². The normalized spacial score (nSPS) is 44.1. The summed E-state index contributed by atoms with van der Waals surface area (Å²) in [6.45, 7) is 6.09. The van der Waals surface area contributed by atoms with E-state index in [1.165, 1.54) is 25.8 Å². The molecule has 0 radical (unpaired) electrons. The number of halogens is 2. The SMILES string of the molecule is CC1CC2(C1)C[C@@H](C)CN2C.FF. The van der Waals surface area contributed by atoms with Crippen molar-refractivity contribution < 1.29 is 9.15 Å². The molecular formula is C10H19F2N. The van der Waals surface area contributed by atoms with E-state index in [0.29, 0.717) is 5.54 Å². The summed E-state index contributed by atoms with van der Waals surface area (Å²) < 4.78 is 16.0. The molecule has 1 aliphatic carbocycles. The smallest absolute Gasteiger partial charge is 0.0214 e. The number of nitrogens with zero attached hydrogens (tertiary/aromatic N) is 1. The second-order valence-electron chi connectivity index (χ2n) is 4.93. The van der Waals surface area contributed by atoms with Gasteiger partial charge in [0.2, 0.25) is 0 Å². The lowest BCUT2D eigenvalue weighted by molar-refractivity contribution is 0.0326. The second-order valence-corrected chi connectivity index (χ2v) is 4.93. The molecule has 1 atom stereocenters. The van der Waals surface area contributed by atoms with Crippen LogP contribution in [0.5, 0.6) is 0 Å². The van der Waals surface area contributed by atoms with Crippen LogP contribution in [0.25, 0.3) is 0 Å². The first kappa shape index (κ1) is 10.9. The van der Waals surface area contributed by atoms with Crippen LogP contribution in [0.3, 0.4) is 0 Å². The highest BCUT2D eigenvalue weighted by molar-refractivity contribution is 5.05. The zero-order valence-corrected chi connectivity index (χ0v) is 8.69. The lowest BCUT2D eigenvalue weighted by Crippen LogP contribution is -2.51. The number of hydrogen-bond donors (Lipinski definition) is 0. The minimum atomic E-state index is 0.652. The van der Waals surface area contributed by atoms with Gasteiger partial charge in [-0.2, -0.15) is 0 Å². The molecule has 1 heterocycles. The van der Waals surface area contributed by atoms with Gasteiger partial charge in [-0.15, -0.1) is 0 Å². The Morgan fingerprint density at radius 2 is 1.54 bits per heavy atom. The van der Waals surface area contributed by atoms with E-state index in [9.17, 15) is 0 Å². The molecule has 1 spiro atoms. The molecule has 0 unspecified atom stereocenters. The number of hydrogen-bond acceptors (Lipinski definition) is 1. The average molecular weight is 191 g/mol. The maximum atomic E-state index is 8.00. The molecule has 0 aromatic carbocycles. The molecule has 2 fully saturated rings. The fraction of sp³-hybridized carbons (Fsp3) is 1.00. The van der Waals surface area contributed by atoms with Crippen molar-refractivity contribution in [2.45, 2.75) is 38.6 Å². The quantitative estimate of drug-likeness (QED) is 0.569. The van der Waals surface area contributed by atoms with Crippen LogP contribution in [-0.4, -0.2) is 24.0 Å². The first-order valence-corrected chi connectivity index (χ1v) is 4.98. The summed E-state index contributed by atoms with van der Waals surface area (Å²) >= 11 is 0. The molecule has 78 valence electrons. The van der Waals surface area contributed by atoms with Crippen molar-refractivity contribution in [2.75, 3.05) is 13.6 Å². The third-order valence-corrected chi connectivity index (χ3v) is 3.58. The van der Waals surface area contributed by atoms with E-state index in [0.717, 1.165) is 11.8 Å². The maximum Gasteiger partial charge on any atom is 0.0214 e. The molecule has 0 N–H and O–H groups in total. The van der Waals surface area contributed by atoms with Gasteiger partial charge in [-0.25, -0.2) is 0 Å². The third kappa shape index (κ3) is 1.85. The van der Waals surface area contributed by atoms with Gasteiger partial charge in [-0.05, 0) is 38.1 Å². The van der Waals surface area contributed by atoms with Crippen molar-refractivity contribution in [3.8, 4) is 0 Å². The van der Waals surface area contributed by atoms with Gasteiger partial charge >= 0.3 is 0 Å². The summed E-state index contributed by atoms with van der Waals surface area (Å²) in [5.74, 6) is 1.93. The molecule has 0 bridgehead atoms. The van der Waals surface area contributed by atoms with Gasteiger partial charge in [-0.1, -0.05) is 13.8 Å². The van der Waals surface area contributed by atoms with Gasteiger partial charge in [0.1, 0.15) is 0 Å². The summed E-state index contributed by atoms with van der Waals surface area (Å²) in [6, 6.07) is 0. The highest BCUT2D eigenvalue weighted by Crippen LogP contribution is 2.49. The van der Waals surface area contributed by atoms with Crippen LogP contribution in [0.15, 0.2) is 0 Å². The second kappa shape index (κ2) is 3.91. The topological polar surface area (TPSA) is 3.24 Å². The summed E-state index contributed by atoms with van der Waals surface area (Å²) in [4.78, 5) is 2.59. The van der Waals surface area contributed by atoms with Crippen LogP contribution in [0.1, 0.15) is 33.1 Å². The third-order valence-electron chi connectivity index (χ3n) is 3.58. The Bertz CT molecular complexity index is 166. The molecule has 3 heteroatoms. The zero-order valence-electron chi connectivity index (χ0n) is 8.69. The number of rotatable bonds is 0. The molecule has 0 amide bonds. The van der Waals surface area contributed by atoms with E-state index in [2.05, 4.69) is 25.8 Å². The molecule has 1 nitrogen and oxygen atoms in total. The van der Waals surface area contributed by atoms with Crippen LogP contribution in [0, 0.1) is 11.8 Å². The van der Waals surface area contributed by atoms with Crippen LogP contribution < -0.4 is 0 Å². The Kier molecular flexibility index (Phi) is 3.28. The summed E-state index contributed by atoms with van der Waals surface area (Å²) in [5, 5.41) is 0. The van der Waals surface area contributed by atoms with Crippen LogP contribution >= 0.6 is 0 Å². The minimum Gasteiger partial charge on any atom is -0.300 e. The molecule has 1 saturated heterocycles. The summed E-state index contributed by atoms with van der Waals surface area (Å²) in [6.07, 6.45) is 4.36. The lowest BCUT2D eigenvalue weighted by atomic mass is 9.67. The standard InChI is InChI=1S/C10H19N.F2/c1-8-4-10(5-8)6-9(2)7-11(10)3;1-2/h8-9H,4-7H2,1-3H3;/t8?,9-,10?;/m1./s1. The van der Waals surface area contributed by atoms with E-state index < -0.39 is 0 Å². The van der Waals surface area contributed by atoms with Crippen LogP contribution in [0.4, 0.5) is 9.15 Å². The molecule has 2 rings (SSSR count). The molecule has 13 heavy (non-hydrogen) atoms. The largest absolute Gasteiger partial charge is 0.300 e. The zero-order chi connectivity index (χ0) is 10.1. The van der Waals surface area contributed by atoms with E-state index in [-0.39, 0.29) is 0 Å². The Labute approximate surface area is 79.0 Å². The Balaban J connectivity index is 0.000000396. The highest BCUT2D eigenvalue weighted by Gasteiger charge is 2.49.